The number of piperidine rings is 1. The Bertz CT molecular complexity index is 435. The van der Waals surface area contributed by atoms with Crippen LogP contribution in [0.2, 0.25) is 0 Å². The van der Waals surface area contributed by atoms with Crippen molar-refractivity contribution in [1.29, 1.82) is 0 Å². The van der Waals surface area contributed by atoms with Gasteiger partial charge in [-0.1, -0.05) is 13.8 Å². The van der Waals surface area contributed by atoms with Crippen molar-refractivity contribution in [3.63, 3.8) is 0 Å². The molecule has 2 heterocycles. The van der Waals surface area contributed by atoms with Gasteiger partial charge >= 0.3 is 0 Å². The van der Waals surface area contributed by atoms with E-state index < -0.39 is 5.60 Å². The fraction of sp³-hybridized carbons (Fsp3) is 0.714. The van der Waals surface area contributed by atoms with E-state index in [1.807, 2.05) is 20.0 Å². The second-order valence-electron chi connectivity index (χ2n) is 5.86. The Kier molecular flexibility index (Phi) is 3.94. The highest BCUT2D eigenvalue weighted by Gasteiger charge is 2.28. The van der Waals surface area contributed by atoms with Gasteiger partial charge in [0.15, 0.2) is 0 Å². The zero-order valence-corrected chi connectivity index (χ0v) is 12.3. The molecular formula is C14H24N4O. The van der Waals surface area contributed by atoms with E-state index in [2.05, 4.69) is 34.0 Å². The summed E-state index contributed by atoms with van der Waals surface area (Å²) in [4.78, 5) is 11.4. The molecule has 0 aromatic carbocycles. The van der Waals surface area contributed by atoms with Gasteiger partial charge in [0.2, 0.25) is 0 Å². The van der Waals surface area contributed by atoms with Gasteiger partial charge in [0, 0.05) is 32.1 Å². The quantitative estimate of drug-likeness (QED) is 0.874. The third kappa shape index (κ3) is 3.35. The topological polar surface area (TPSA) is 61.3 Å². The number of nitrogens with zero attached hydrogens (tertiary/aromatic N) is 3. The lowest BCUT2D eigenvalue weighted by atomic mass is 9.94. The molecule has 0 radical (unpaired) electrons. The van der Waals surface area contributed by atoms with Crippen molar-refractivity contribution < 1.29 is 5.11 Å². The lowest BCUT2D eigenvalue weighted by Crippen LogP contribution is -2.42. The van der Waals surface area contributed by atoms with Crippen LogP contribution in [0, 0.1) is 0 Å². The second-order valence-corrected chi connectivity index (χ2v) is 5.86. The summed E-state index contributed by atoms with van der Waals surface area (Å²) < 4.78 is 0. The van der Waals surface area contributed by atoms with E-state index in [-0.39, 0.29) is 0 Å². The van der Waals surface area contributed by atoms with Crippen molar-refractivity contribution in [2.75, 3.05) is 30.4 Å². The third-order valence-corrected chi connectivity index (χ3v) is 3.67. The minimum absolute atomic E-state index is 0.306. The number of nitrogens with one attached hydrogen (secondary N) is 1. The van der Waals surface area contributed by atoms with Crippen LogP contribution in [0.3, 0.4) is 0 Å². The zero-order valence-electron chi connectivity index (χ0n) is 12.3. The highest BCUT2D eigenvalue weighted by Crippen LogP contribution is 2.26. The summed E-state index contributed by atoms with van der Waals surface area (Å²) in [6, 6.07) is 1.98. The Hall–Kier alpha value is -1.36. The van der Waals surface area contributed by atoms with Crippen LogP contribution in [0.1, 0.15) is 45.4 Å². The molecule has 2 N–H and O–H groups in total. The van der Waals surface area contributed by atoms with Gasteiger partial charge in [0.1, 0.15) is 17.5 Å². The lowest BCUT2D eigenvalue weighted by Gasteiger charge is -2.36. The van der Waals surface area contributed by atoms with E-state index in [0.717, 1.165) is 43.4 Å². The van der Waals surface area contributed by atoms with E-state index in [9.17, 15) is 5.11 Å². The van der Waals surface area contributed by atoms with E-state index in [1.54, 1.807) is 0 Å². The summed E-state index contributed by atoms with van der Waals surface area (Å²) in [6.07, 6.45) is 1.56. The molecule has 5 heteroatoms. The van der Waals surface area contributed by atoms with E-state index in [4.69, 9.17) is 0 Å². The van der Waals surface area contributed by atoms with Crippen molar-refractivity contribution in [2.24, 2.45) is 0 Å². The fourth-order valence-electron chi connectivity index (χ4n) is 2.22. The molecule has 1 aliphatic heterocycles. The maximum absolute atomic E-state index is 10.0. The first-order chi connectivity index (χ1) is 8.91. The van der Waals surface area contributed by atoms with Gasteiger partial charge in [0.05, 0.1) is 5.60 Å². The molecule has 0 atom stereocenters. The maximum atomic E-state index is 10.0. The number of anilines is 2. The first-order valence-electron chi connectivity index (χ1n) is 6.95. The SMILES string of the molecule is CNc1cc(N2CCC(C)(O)CC2)nc(C(C)C)n1. The molecule has 1 saturated heterocycles. The van der Waals surface area contributed by atoms with Crippen LogP contribution in [0.25, 0.3) is 0 Å². The smallest absolute Gasteiger partial charge is 0.135 e. The van der Waals surface area contributed by atoms with Crippen LogP contribution in [0.5, 0.6) is 0 Å². The minimum Gasteiger partial charge on any atom is -0.390 e. The number of hydrogen-bond donors (Lipinski definition) is 2. The van der Waals surface area contributed by atoms with Crippen molar-refractivity contribution in [3.8, 4) is 0 Å². The number of aromatic nitrogens is 2. The average Bonchev–Trinajstić information content (AvgIpc) is 2.38. The maximum Gasteiger partial charge on any atom is 0.135 e. The van der Waals surface area contributed by atoms with Gasteiger partial charge in [-0.2, -0.15) is 0 Å². The Morgan fingerprint density at radius 3 is 2.47 bits per heavy atom. The molecule has 0 aliphatic carbocycles. The van der Waals surface area contributed by atoms with Crippen LogP contribution >= 0.6 is 0 Å². The molecule has 1 fully saturated rings. The van der Waals surface area contributed by atoms with E-state index in [0.29, 0.717) is 5.92 Å². The Balaban J connectivity index is 2.22. The summed E-state index contributed by atoms with van der Waals surface area (Å²) in [5, 5.41) is 13.1. The monoisotopic (exact) mass is 264 g/mol. The molecule has 0 spiro atoms. The summed E-state index contributed by atoms with van der Waals surface area (Å²) in [5.74, 6) is 2.98. The van der Waals surface area contributed by atoms with Gasteiger partial charge in [-0.3, -0.25) is 0 Å². The standard InChI is InChI=1S/C14H24N4O/c1-10(2)13-16-11(15-4)9-12(17-13)18-7-5-14(3,19)6-8-18/h9-10,19H,5-8H2,1-4H3,(H,15,16,17). The first-order valence-corrected chi connectivity index (χ1v) is 6.95. The van der Waals surface area contributed by atoms with Gasteiger partial charge in [0.25, 0.3) is 0 Å². The summed E-state index contributed by atoms with van der Waals surface area (Å²) >= 11 is 0. The lowest BCUT2D eigenvalue weighted by molar-refractivity contribution is 0.0350. The van der Waals surface area contributed by atoms with Crippen molar-refractivity contribution in [2.45, 2.75) is 45.1 Å². The molecule has 0 unspecified atom stereocenters. The van der Waals surface area contributed by atoms with Crippen LogP contribution in [0.4, 0.5) is 11.6 Å². The predicted octanol–water partition coefficient (Wildman–Crippen LogP) is 1.99. The second kappa shape index (κ2) is 5.33. The number of rotatable bonds is 3. The molecule has 1 aliphatic rings. The van der Waals surface area contributed by atoms with Crippen LogP contribution < -0.4 is 10.2 Å². The zero-order chi connectivity index (χ0) is 14.0. The molecule has 19 heavy (non-hydrogen) atoms. The van der Waals surface area contributed by atoms with E-state index in [1.165, 1.54) is 0 Å². The Labute approximate surface area is 115 Å². The number of hydrogen-bond acceptors (Lipinski definition) is 5. The third-order valence-electron chi connectivity index (χ3n) is 3.67. The molecule has 0 bridgehead atoms. The fourth-order valence-corrected chi connectivity index (χ4v) is 2.22. The molecular weight excluding hydrogens is 240 g/mol. The molecule has 0 amide bonds. The van der Waals surface area contributed by atoms with Crippen molar-refractivity contribution >= 4 is 11.6 Å². The molecule has 0 saturated carbocycles. The van der Waals surface area contributed by atoms with Gasteiger partial charge in [-0.05, 0) is 19.8 Å². The first kappa shape index (κ1) is 14.1. The van der Waals surface area contributed by atoms with Crippen molar-refractivity contribution in [3.05, 3.63) is 11.9 Å². The van der Waals surface area contributed by atoms with Crippen LogP contribution in [-0.2, 0) is 0 Å². The molecule has 2 rings (SSSR count). The Morgan fingerprint density at radius 2 is 1.95 bits per heavy atom. The highest BCUT2D eigenvalue weighted by atomic mass is 16.3. The van der Waals surface area contributed by atoms with Crippen molar-refractivity contribution in [1.82, 2.24) is 9.97 Å². The molecule has 1 aromatic rings. The largest absolute Gasteiger partial charge is 0.390 e. The summed E-state index contributed by atoms with van der Waals surface area (Å²) in [7, 11) is 1.87. The van der Waals surface area contributed by atoms with Gasteiger partial charge in [-0.15, -0.1) is 0 Å². The highest BCUT2D eigenvalue weighted by molar-refractivity contribution is 5.49. The average molecular weight is 264 g/mol. The Morgan fingerprint density at radius 1 is 1.32 bits per heavy atom. The minimum atomic E-state index is -0.532. The summed E-state index contributed by atoms with van der Waals surface area (Å²) in [6.45, 7) is 7.78. The molecule has 1 aromatic heterocycles. The van der Waals surface area contributed by atoms with Gasteiger partial charge < -0.3 is 15.3 Å². The van der Waals surface area contributed by atoms with Crippen LogP contribution in [0.15, 0.2) is 6.07 Å². The van der Waals surface area contributed by atoms with E-state index >= 15 is 0 Å². The predicted molar refractivity (Wildman–Crippen MR) is 77.7 cm³/mol. The summed E-state index contributed by atoms with van der Waals surface area (Å²) in [5.41, 5.74) is -0.532. The number of aliphatic hydroxyl groups is 1. The van der Waals surface area contributed by atoms with Crippen LogP contribution in [-0.4, -0.2) is 40.8 Å². The molecule has 106 valence electrons. The van der Waals surface area contributed by atoms with Gasteiger partial charge in [-0.25, -0.2) is 9.97 Å². The molecule has 5 nitrogen and oxygen atoms in total. The normalized spacial score (nSPS) is 18.7.